The number of ether oxygens (including phenoxy) is 1. The van der Waals surface area contributed by atoms with E-state index >= 15 is 0 Å². The fourth-order valence-corrected chi connectivity index (χ4v) is 4.31. The standard InChI is InChI=1S/C25H26F3N5O3/c1-14-8-15(29)13-33(12-14)22-4-5-30-11-21(22)32-25(35)20-3-2-17(26)24(31-20)23-18(27)9-16(10-19(23)28)36-7-6-34/h2-5,9-11,14-15,34H,6-8,12-13,29H2,1H3,(H,32,35)/t14-,15?/m1/s1. The lowest BCUT2D eigenvalue weighted by atomic mass is 9.96. The van der Waals surface area contributed by atoms with Gasteiger partial charge in [0.25, 0.3) is 5.91 Å². The summed E-state index contributed by atoms with van der Waals surface area (Å²) in [5.74, 6) is -3.78. The third-order valence-electron chi connectivity index (χ3n) is 5.77. The number of piperidine rings is 1. The summed E-state index contributed by atoms with van der Waals surface area (Å²) in [5, 5.41) is 11.5. The van der Waals surface area contributed by atoms with E-state index in [-0.39, 0.29) is 30.7 Å². The first kappa shape index (κ1) is 25.4. The lowest BCUT2D eigenvalue weighted by molar-refractivity contribution is 0.102. The number of rotatable bonds is 7. The molecule has 0 spiro atoms. The summed E-state index contributed by atoms with van der Waals surface area (Å²) in [6.07, 6.45) is 3.98. The van der Waals surface area contributed by atoms with Gasteiger partial charge >= 0.3 is 0 Å². The highest BCUT2D eigenvalue weighted by Crippen LogP contribution is 2.32. The molecule has 1 unspecified atom stereocenters. The molecule has 0 saturated carbocycles. The van der Waals surface area contributed by atoms with E-state index in [1.54, 1.807) is 12.3 Å². The first-order valence-electron chi connectivity index (χ1n) is 11.4. The van der Waals surface area contributed by atoms with E-state index in [0.717, 1.165) is 42.9 Å². The Morgan fingerprint density at radius 3 is 2.64 bits per heavy atom. The summed E-state index contributed by atoms with van der Waals surface area (Å²) in [4.78, 5) is 23.1. The van der Waals surface area contributed by atoms with Crippen molar-refractivity contribution in [2.45, 2.75) is 19.4 Å². The molecule has 2 aromatic heterocycles. The van der Waals surface area contributed by atoms with Gasteiger partial charge in [-0.05, 0) is 30.5 Å². The number of benzene rings is 1. The number of aliphatic hydroxyl groups excluding tert-OH is 1. The second-order valence-corrected chi connectivity index (χ2v) is 8.71. The van der Waals surface area contributed by atoms with Crippen LogP contribution in [0.2, 0.25) is 0 Å². The Morgan fingerprint density at radius 2 is 1.94 bits per heavy atom. The maximum atomic E-state index is 14.7. The van der Waals surface area contributed by atoms with E-state index in [4.69, 9.17) is 15.6 Å². The second kappa shape index (κ2) is 10.9. The number of hydrogen-bond donors (Lipinski definition) is 3. The molecular weight excluding hydrogens is 475 g/mol. The SMILES string of the molecule is C[C@@H]1CC(N)CN(c2ccncc2NC(=O)c2ccc(F)c(-c3c(F)cc(OCCO)cc3F)n2)C1. The average molecular weight is 502 g/mol. The van der Waals surface area contributed by atoms with Crippen molar-refractivity contribution in [2.24, 2.45) is 11.7 Å². The number of nitrogens with one attached hydrogen (secondary N) is 1. The smallest absolute Gasteiger partial charge is 0.274 e. The van der Waals surface area contributed by atoms with Gasteiger partial charge in [-0.25, -0.2) is 18.2 Å². The van der Waals surface area contributed by atoms with Crippen molar-refractivity contribution < 1.29 is 27.8 Å². The zero-order chi connectivity index (χ0) is 25.8. The summed E-state index contributed by atoms with van der Waals surface area (Å²) < 4.78 is 49.0. The monoisotopic (exact) mass is 501 g/mol. The van der Waals surface area contributed by atoms with Crippen molar-refractivity contribution in [1.82, 2.24) is 9.97 Å². The van der Waals surface area contributed by atoms with Crippen LogP contribution >= 0.6 is 0 Å². The molecule has 0 aliphatic carbocycles. The van der Waals surface area contributed by atoms with Crippen molar-refractivity contribution >= 4 is 17.3 Å². The summed E-state index contributed by atoms with van der Waals surface area (Å²) in [5.41, 5.74) is 5.65. The number of carbonyl (C=O) groups is 1. The molecule has 190 valence electrons. The van der Waals surface area contributed by atoms with Crippen LogP contribution in [0.15, 0.2) is 42.7 Å². The molecule has 0 radical (unpaired) electrons. The summed E-state index contributed by atoms with van der Waals surface area (Å²) in [6, 6.07) is 5.49. The first-order valence-corrected chi connectivity index (χ1v) is 11.4. The van der Waals surface area contributed by atoms with E-state index in [2.05, 4.69) is 27.1 Å². The molecule has 2 atom stereocenters. The highest BCUT2D eigenvalue weighted by molar-refractivity contribution is 6.04. The lowest BCUT2D eigenvalue weighted by Crippen LogP contribution is -2.46. The Hall–Kier alpha value is -3.70. The van der Waals surface area contributed by atoms with Crippen molar-refractivity contribution in [3.05, 3.63) is 65.9 Å². The van der Waals surface area contributed by atoms with Crippen molar-refractivity contribution in [1.29, 1.82) is 0 Å². The molecule has 11 heteroatoms. The van der Waals surface area contributed by atoms with Gasteiger partial charge in [-0.15, -0.1) is 0 Å². The number of hydrogen-bond acceptors (Lipinski definition) is 7. The summed E-state index contributed by atoms with van der Waals surface area (Å²) >= 11 is 0. The Bertz CT molecular complexity index is 1230. The number of amides is 1. The molecule has 0 bridgehead atoms. The molecule has 1 amide bonds. The zero-order valence-corrected chi connectivity index (χ0v) is 19.5. The maximum absolute atomic E-state index is 14.7. The molecule has 1 aliphatic rings. The number of pyridine rings is 2. The van der Waals surface area contributed by atoms with Crippen LogP contribution in [0, 0.1) is 23.4 Å². The third-order valence-corrected chi connectivity index (χ3v) is 5.77. The van der Waals surface area contributed by atoms with Gasteiger partial charge in [0, 0.05) is 37.5 Å². The van der Waals surface area contributed by atoms with Crippen molar-refractivity contribution in [3.8, 4) is 17.0 Å². The molecule has 1 saturated heterocycles. The van der Waals surface area contributed by atoms with Gasteiger partial charge in [0.15, 0.2) is 0 Å². The fourth-order valence-electron chi connectivity index (χ4n) is 4.31. The number of nitrogens with two attached hydrogens (primary N) is 1. The Kier molecular flexibility index (Phi) is 7.70. The molecule has 3 heterocycles. The van der Waals surface area contributed by atoms with Gasteiger partial charge < -0.3 is 25.8 Å². The molecule has 4 rings (SSSR count). The molecule has 4 N–H and O–H groups in total. The van der Waals surface area contributed by atoms with Gasteiger partial charge in [0.1, 0.15) is 41.2 Å². The Balaban J connectivity index is 1.62. The van der Waals surface area contributed by atoms with E-state index in [1.807, 2.05) is 0 Å². The predicted molar refractivity (Wildman–Crippen MR) is 128 cm³/mol. The molecule has 36 heavy (non-hydrogen) atoms. The quantitative estimate of drug-likeness (QED) is 0.455. The molecule has 8 nitrogen and oxygen atoms in total. The minimum Gasteiger partial charge on any atom is -0.491 e. The average Bonchev–Trinajstić information content (AvgIpc) is 2.83. The molecule has 1 fully saturated rings. The van der Waals surface area contributed by atoms with Crippen LogP contribution < -0.4 is 20.7 Å². The number of nitrogens with zero attached hydrogens (tertiary/aromatic N) is 3. The Morgan fingerprint density at radius 1 is 1.19 bits per heavy atom. The van der Waals surface area contributed by atoms with Gasteiger partial charge in [0.05, 0.1) is 29.7 Å². The number of aromatic nitrogens is 2. The minimum atomic E-state index is -1.13. The van der Waals surface area contributed by atoms with Gasteiger partial charge in [-0.3, -0.25) is 9.78 Å². The highest BCUT2D eigenvalue weighted by atomic mass is 19.1. The minimum absolute atomic E-state index is 0.0167. The van der Waals surface area contributed by atoms with Crippen LogP contribution in [-0.4, -0.2) is 53.3 Å². The van der Waals surface area contributed by atoms with Crippen LogP contribution in [0.25, 0.3) is 11.3 Å². The molecule has 1 aromatic carbocycles. The third kappa shape index (κ3) is 5.58. The number of carbonyl (C=O) groups excluding carboxylic acids is 1. The maximum Gasteiger partial charge on any atom is 0.274 e. The fraction of sp³-hybridized carbons (Fsp3) is 0.320. The van der Waals surface area contributed by atoms with E-state index in [1.165, 1.54) is 6.20 Å². The summed E-state index contributed by atoms with van der Waals surface area (Å²) in [6.45, 7) is 2.93. The lowest BCUT2D eigenvalue weighted by Gasteiger charge is -2.37. The van der Waals surface area contributed by atoms with Crippen LogP contribution in [0.5, 0.6) is 5.75 Å². The van der Waals surface area contributed by atoms with E-state index in [9.17, 15) is 18.0 Å². The molecular formula is C25H26F3N5O3. The number of aliphatic hydroxyl groups is 1. The van der Waals surface area contributed by atoms with Crippen LogP contribution in [0.4, 0.5) is 24.5 Å². The van der Waals surface area contributed by atoms with Gasteiger partial charge in [-0.2, -0.15) is 0 Å². The normalized spacial score (nSPS) is 17.7. The number of anilines is 2. The largest absolute Gasteiger partial charge is 0.491 e. The van der Waals surface area contributed by atoms with E-state index < -0.39 is 34.6 Å². The topological polar surface area (TPSA) is 114 Å². The van der Waals surface area contributed by atoms with Crippen LogP contribution in [0.1, 0.15) is 23.8 Å². The zero-order valence-electron chi connectivity index (χ0n) is 19.5. The summed E-state index contributed by atoms with van der Waals surface area (Å²) in [7, 11) is 0. The van der Waals surface area contributed by atoms with E-state index in [0.29, 0.717) is 18.2 Å². The second-order valence-electron chi connectivity index (χ2n) is 8.71. The van der Waals surface area contributed by atoms with Crippen LogP contribution in [-0.2, 0) is 0 Å². The molecule has 3 aromatic rings. The van der Waals surface area contributed by atoms with Crippen molar-refractivity contribution in [3.63, 3.8) is 0 Å². The van der Waals surface area contributed by atoms with Crippen molar-refractivity contribution in [2.75, 3.05) is 36.5 Å². The highest BCUT2D eigenvalue weighted by Gasteiger charge is 2.25. The molecule has 1 aliphatic heterocycles. The first-order chi connectivity index (χ1) is 17.3. The van der Waals surface area contributed by atoms with Gasteiger partial charge in [-0.1, -0.05) is 6.92 Å². The Labute approximate surface area is 205 Å². The van der Waals surface area contributed by atoms with Gasteiger partial charge in [0.2, 0.25) is 0 Å². The predicted octanol–water partition coefficient (Wildman–Crippen LogP) is 3.36. The number of halogens is 3. The van der Waals surface area contributed by atoms with Crippen LogP contribution in [0.3, 0.4) is 0 Å².